The van der Waals surface area contributed by atoms with Crippen LogP contribution in [-0.2, 0) is 54.4 Å². The topological polar surface area (TPSA) is 420 Å². The number of nitrogens with two attached hydrogens (primary N) is 2. The minimum absolute atomic E-state index is 0.160. The number of aliphatic carboxylic acids is 1. The number of carboxylic acids is 1. The van der Waals surface area contributed by atoms with Gasteiger partial charge in [-0.1, -0.05) is 58.0 Å². The molecule has 0 bridgehead atoms. The fraction of sp³-hybridized carbons (Fsp3) is 0.590. The minimum atomic E-state index is -1.87. The summed E-state index contributed by atoms with van der Waals surface area (Å²) in [6.45, 7) is 3.08. The average Bonchev–Trinajstić information content (AvgIpc) is 3.24. The van der Waals surface area contributed by atoms with E-state index in [-0.39, 0.29) is 19.3 Å². The second-order valence-corrected chi connectivity index (χ2v) is 15.4. The number of carbonyl (C=O) groups excluding carboxylic acids is 9. The molecule has 25 heteroatoms. The van der Waals surface area contributed by atoms with Gasteiger partial charge >= 0.3 is 5.97 Å². The van der Waals surface area contributed by atoms with Crippen molar-refractivity contribution in [2.75, 3.05) is 26.4 Å². The van der Waals surface area contributed by atoms with Crippen LogP contribution in [-0.4, -0.2) is 165 Å². The Balaban J connectivity index is 2.93. The highest BCUT2D eigenvalue weighted by molar-refractivity contribution is 5.98. The first-order valence-electron chi connectivity index (χ1n) is 20.2. The smallest absolute Gasteiger partial charge is 0.326 e. The number of benzene rings is 1. The van der Waals surface area contributed by atoms with Gasteiger partial charge in [0.25, 0.3) is 0 Å². The molecule has 0 heterocycles. The Morgan fingerprint density at radius 3 is 1.27 bits per heavy atom. The third-order valence-electron chi connectivity index (χ3n) is 9.44. The van der Waals surface area contributed by atoms with Crippen LogP contribution in [0.5, 0.6) is 0 Å². The number of carbonyl (C=O) groups is 10. The summed E-state index contributed by atoms with van der Waals surface area (Å²) >= 11 is 0. The lowest BCUT2D eigenvalue weighted by Crippen LogP contribution is -2.62. The van der Waals surface area contributed by atoms with Gasteiger partial charge in [0.1, 0.15) is 48.3 Å². The highest BCUT2D eigenvalue weighted by atomic mass is 16.4. The van der Waals surface area contributed by atoms with Crippen LogP contribution in [0.2, 0.25) is 0 Å². The number of nitrogens with one attached hydrogen (secondary N) is 8. The van der Waals surface area contributed by atoms with Crippen molar-refractivity contribution in [1.29, 1.82) is 0 Å². The first-order chi connectivity index (χ1) is 30.0. The summed E-state index contributed by atoms with van der Waals surface area (Å²) < 4.78 is 0. The zero-order valence-corrected chi connectivity index (χ0v) is 36.2. The molecule has 358 valence electrons. The molecule has 0 aliphatic rings. The predicted molar refractivity (Wildman–Crippen MR) is 223 cm³/mol. The highest BCUT2D eigenvalue weighted by Crippen LogP contribution is 2.08. The molecule has 0 fully saturated rings. The first-order valence-corrected chi connectivity index (χ1v) is 20.2. The van der Waals surface area contributed by atoms with E-state index in [2.05, 4.69) is 37.2 Å². The number of primary amides is 1. The lowest BCUT2D eigenvalue weighted by molar-refractivity contribution is -0.143. The third-order valence-corrected chi connectivity index (χ3v) is 9.44. The number of aliphatic hydroxyl groups excluding tert-OH is 4. The van der Waals surface area contributed by atoms with Crippen molar-refractivity contribution < 1.29 is 73.5 Å². The molecule has 0 aromatic heterocycles. The number of aliphatic hydroxyl groups is 4. The Labute approximate surface area is 368 Å². The number of carboxylic acid groups (broad SMARTS) is 1. The number of amides is 9. The Hall–Kier alpha value is -6.28. The molecule has 0 saturated carbocycles. The van der Waals surface area contributed by atoms with E-state index in [0.29, 0.717) is 0 Å². The Kier molecular flexibility index (Phi) is 24.1. The SMILES string of the molecule is CC(C)[C@H](NC(=O)[C@H](CCC(N)=O)NC(=O)[C@H](C)NC(=O)[C@H](CO)NC(=O)[C@H](CO)NC(=O)[C@H](CO)NC(=O)[C@H](CO)NC(=O)[C@@H](NC(=O)[C@@H](N)Cc1ccccc1)C(C)C)C(=O)O. The summed E-state index contributed by atoms with van der Waals surface area (Å²) in [5.74, 6) is -11.7. The minimum Gasteiger partial charge on any atom is -0.480 e. The quantitative estimate of drug-likeness (QED) is 0.0371. The zero-order chi connectivity index (χ0) is 48.8. The van der Waals surface area contributed by atoms with Crippen molar-refractivity contribution in [2.24, 2.45) is 23.3 Å². The van der Waals surface area contributed by atoms with Crippen LogP contribution in [0.4, 0.5) is 0 Å². The number of rotatable bonds is 28. The number of hydrogen-bond donors (Lipinski definition) is 15. The van der Waals surface area contributed by atoms with Gasteiger partial charge in [0.05, 0.1) is 32.5 Å². The molecule has 25 nitrogen and oxygen atoms in total. The van der Waals surface area contributed by atoms with Crippen molar-refractivity contribution in [2.45, 2.75) is 108 Å². The van der Waals surface area contributed by atoms with Gasteiger partial charge in [-0.25, -0.2) is 4.79 Å². The van der Waals surface area contributed by atoms with E-state index >= 15 is 0 Å². The van der Waals surface area contributed by atoms with Gasteiger partial charge in [0, 0.05) is 6.42 Å². The lowest BCUT2D eigenvalue weighted by Gasteiger charge is -2.27. The monoisotopic (exact) mass is 910 g/mol. The summed E-state index contributed by atoms with van der Waals surface area (Å²) in [5.41, 5.74) is 12.0. The summed E-state index contributed by atoms with van der Waals surface area (Å²) in [5, 5.41) is 66.7. The Bertz CT molecular complexity index is 1780. The maximum Gasteiger partial charge on any atom is 0.326 e. The van der Waals surface area contributed by atoms with Gasteiger partial charge in [-0.2, -0.15) is 0 Å². The molecule has 9 atom stereocenters. The van der Waals surface area contributed by atoms with Crippen molar-refractivity contribution in [3.05, 3.63) is 35.9 Å². The normalized spacial score (nSPS) is 15.3. The summed E-state index contributed by atoms with van der Waals surface area (Å²) in [6.07, 6.45) is -0.569. The molecule has 0 aliphatic heterocycles. The van der Waals surface area contributed by atoms with Crippen LogP contribution < -0.4 is 54.0 Å². The van der Waals surface area contributed by atoms with Crippen LogP contribution >= 0.6 is 0 Å². The Morgan fingerprint density at radius 2 is 0.875 bits per heavy atom. The van der Waals surface area contributed by atoms with E-state index < -0.39 is 152 Å². The molecule has 64 heavy (non-hydrogen) atoms. The van der Waals surface area contributed by atoms with Crippen molar-refractivity contribution in [3.8, 4) is 0 Å². The second-order valence-electron chi connectivity index (χ2n) is 15.4. The fourth-order valence-electron chi connectivity index (χ4n) is 5.61. The molecule has 0 saturated heterocycles. The molecule has 17 N–H and O–H groups in total. The molecule has 1 aromatic rings. The van der Waals surface area contributed by atoms with Crippen LogP contribution in [0, 0.1) is 11.8 Å². The van der Waals surface area contributed by atoms with Gasteiger partial charge in [-0.15, -0.1) is 0 Å². The summed E-state index contributed by atoms with van der Waals surface area (Å²) in [7, 11) is 0. The van der Waals surface area contributed by atoms with Gasteiger partial charge in [0.2, 0.25) is 53.2 Å². The van der Waals surface area contributed by atoms with Gasteiger partial charge < -0.3 is 79.5 Å². The maximum absolute atomic E-state index is 13.2. The standard InChI is InChI=1S/C39H62N10O15/c1-18(2)29(48-32(56)22(40)13-21-9-7-6-8-10-21)38(62)47-27(17-53)37(61)46-26(16-52)36(60)45-25(15-51)35(59)44-24(14-50)34(58)42-20(5)31(55)43-23(11-12-28(41)54)33(57)49-30(19(3)4)39(63)64/h6-10,18-20,22-27,29-30,50-53H,11-17,40H2,1-5H3,(H2,41,54)(H,42,58)(H,43,55)(H,44,59)(H,45,60)(H,46,61)(H,47,62)(H,48,56)(H,49,57)(H,63,64)/t20-,22-,23-,24-,25-,26-,27-,29-,30-/m0/s1. The summed E-state index contributed by atoms with van der Waals surface area (Å²) in [6, 6.07) is -4.96. The van der Waals surface area contributed by atoms with Crippen molar-refractivity contribution in [3.63, 3.8) is 0 Å². The Morgan fingerprint density at radius 1 is 0.500 bits per heavy atom. The fourth-order valence-corrected chi connectivity index (χ4v) is 5.61. The average molecular weight is 911 g/mol. The third kappa shape index (κ3) is 18.6. The lowest BCUT2D eigenvalue weighted by atomic mass is 10.0. The molecule has 0 spiro atoms. The van der Waals surface area contributed by atoms with Gasteiger partial charge in [-0.3, -0.25) is 43.2 Å². The number of hydrogen-bond acceptors (Lipinski definition) is 15. The van der Waals surface area contributed by atoms with Gasteiger partial charge in [-0.05, 0) is 37.2 Å². The summed E-state index contributed by atoms with van der Waals surface area (Å²) in [4.78, 5) is 127. The van der Waals surface area contributed by atoms with Crippen LogP contribution in [0.15, 0.2) is 30.3 Å². The molecule has 1 aromatic carbocycles. The van der Waals surface area contributed by atoms with Gasteiger partial charge in [0.15, 0.2) is 0 Å². The van der Waals surface area contributed by atoms with E-state index in [1.165, 1.54) is 13.8 Å². The molecular weight excluding hydrogens is 848 g/mol. The van der Waals surface area contributed by atoms with Crippen molar-refractivity contribution >= 4 is 59.1 Å². The maximum atomic E-state index is 13.2. The van der Waals surface area contributed by atoms with Crippen LogP contribution in [0.25, 0.3) is 0 Å². The molecule has 0 radical (unpaired) electrons. The molecule has 0 unspecified atom stereocenters. The molecule has 0 aliphatic carbocycles. The van der Waals surface area contributed by atoms with Crippen LogP contribution in [0.3, 0.4) is 0 Å². The van der Waals surface area contributed by atoms with E-state index in [0.717, 1.165) is 12.5 Å². The van der Waals surface area contributed by atoms with Crippen molar-refractivity contribution in [1.82, 2.24) is 42.5 Å². The molecular formula is C39H62N10O15. The predicted octanol–water partition coefficient (Wildman–Crippen LogP) is -6.91. The van der Waals surface area contributed by atoms with E-state index in [1.54, 1.807) is 44.2 Å². The molecule has 9 amide bonds. The van der Waals surface area contributed by atoms with E-state index in [1.807, 2.05) is 5.32 Å². The molecule has 1 rings (SSSR count). The highest BCUT2D eigenvalue weighted by Gasteiger charge is 2.35. The zero-order valence-electron chi connectivity index (χ0n) is 36.2. The van der Waals surface area contributed by atoms with E-state index in [9.17, 15) is 73.5 Å². The van der Waals surface area contributed by atoms with E-state index in [4.69, 9.17) is 11.5 Å². The second kappa shape index (κ2) is 27.7. The van der Waals surface area contributed by atoms with Crippen LogP contribution in [0.1, 0.15) is 53.0 Å². The largest absolute Gasteiger partial charge is 0.480 e. The first kappa shape index (κ1) is 55.7.